The maximum atomic E-state index is 13.5. The van der Waals surface area contributed by atoms with Crippen LogP contribution < -0.4 is 10.9 Å². The summed E-state index contributed by atoms with van der Waals surface area (Å²) in [7, 11) is 0. The number of aromatic nitrogens is 2. The number of amides is 1. The fraction of sp³-hybridized carbons (Fsp3) is 0.250. The molecule has 4 rings (SSSR count). The molecule has 0 unspecified atom stereocenters. The average molecular weight is 474 g/mol. The van der Waals surface area contributed by atoms with Gasteiger partial charge < -0.3 is 5.32 Å². The van der Waals surface area contributed by atoms with Crippen LogP contribution in [0.5, 0.6) is 0 Å². The molecule has 1 amide bonds. The zero-order valence-electron chi connectivity index (χ0n) is 19.5. The lowest BCUT2D eigenvalue weighted by atomic mass is 10.0. The number of anilines is 1. The summed E-state index contributed by atoms with van der Waals surface area (Å²) in [5.74, 6) is 0.708. The van der Waals surface area contributed by atoms with Crippen LogP contribution in [0.4, 0.5) is 5.69 Å². The summed E-state index contributed by atoms with van der Waals surface area (Å²) in [6.45, 7) is 4.46. The van der Waals surface area contributed by atoms with Crippen molar-refractivity contribution < 1.29 is 4.79 Å². The first-order valence-corrected chi connectivity index (χ1v) is 12.0. The quantitative estimate of drug-likeness (QED) is 0.319. The number of nitrogens with one attached hydrogen (secondary N) is 1. The van der Waals surface area contributed by atoms with Gasteiger partial charge in [0, 0.05) is 23.6 Å². The molecule has 3 aromatic carbocycles. The van der Waals surface area contributed by atoms with Crippen molar-refractivity contribution in [3.8, 4) is 11.1 Å². The molecule has 174 valence electrons. The molecule has 1 aromatic heterocycles. The monoisotopic (exact) mass is 473 g/mol. The van der Waals surface area contributed by atoms with E-state index in [2.05, 4.69) is 12.2 Å². The van der Waals surface area contributed by atoms with E-state index >= 15 is 0 Å². The number of nitrogens with zero attached hydrogens (tertiary/aromatic N) is 2. The Labute approximate surface area is 204 Å². The second-order valence-electron chi connectivity index (χ2n) is 8.41. The SMILES string of the molecule is CCCC(=O)Nc1ccc2nc(CCC)n(Cc3ccc(-c4cccc(Cl)c4)cc3)c(=O)c2c1. The number of carbonyl (C=O) groups excluding carboxylic acids is 1. The van der Waals surface area contributed by atoms with Gasteiger partial charge in [-0.15, -0.1) is 0 Å². The van der Waals surface area contributed by atoms with Crippen molar-refractivity contribution in [3.05, 3.63) is 93.5 Å². The van der Waals surface area contributed by atoms with Gasteiger partial charge in [-0.3, -0.25) is 14.2 Å². The van der Waals surface area contributed by atoms with Gasteiger partial charge >= 0.3 is 0 Å². The van der Waals surface area contributed by atoms with Gasteiger partial charge in [0.1, 0.15) is 5.82 Å². The van der Waals surface area contributed by atoms with Crippen LogP contribution >= 0.6 is 11.6 Å². The minimum atomic E-state index is -0.0982. The second kappa shape index (κ2) is 10.7. The molecule has 1 heterocycles. The summed E-state index contributed by atoms with van der Waals surface area (Å²) >= 11 is 6.13. The Morgan fingerprint density at radius 2 is 1.76 bits per heavy atom. The lowest BCUT2D eigenvalue weighted by molar-refractivity contribution is -0.116. The molecule has 0 aliphatic heterocycles. The molecule has 5 nitrogen and oxygen atoms in total. The van der Waals surface area contributed by atoms with E-state index in [4.69, 9.17) is 16.6 Å². The van der Waals surface area contributed by atoms with Crippen LogP contribution in [-0.4, -0.2) is 15.5 Å². The van der Waals surface area contributed by atoms with E-state index < -0.39 is 0 Å². The van der Waals surface area contributed by atoms with Gasteiger partial charge in [0.2, 0.25) is 5.91 Å². The van der Waals surface area contributed by atoms with E-state index in [9.17, 15) is 9.59 Å². The zero-order chi connectivity index (χ0) is 24.1. The minimum absolute atomic E-state index is 0.0578. The molecule has 0 spiro atoms. The molecule has 34 heavy (non-hydrogen) atoms. The largest absolute Gasteiger partial charge is 0.326 e. The van der Waals surface area contributed by atoms with Crippen LogP contribution in [0.1, 0.15) is 44.5 Å². The number of halogens is 1. The van der Waals surface area contributed by atoms with Crippen molar-refractivity contribution in [2.75, 3.05) is 5.32 Å². The first-order chi connectivity index (χ1) is 16.5. The highest BCUT2D eigenvalue weighted by Gasteiger charge is 2.13. The predicted molar refractivity (Wildman–Crippen MR) is 140 cm³/mol. The van der Waals surface area contributed by atoms with Crippen molar-refractivity contribution in [1.29, 1.82) is 0 Å². The molecule has 0 aliphatic rings. The molecule has 0 bridgehead atoms. The molecule has 6 heteroatoms. The summed E-state index contributed by atoms with van der Waals surface area (Å²) < 4.78 is 1.75. The second-order valence-corrected chi connectivity index (χ2v) is 8.84. The number of rotatable bonds is 8. The van der Waals surface area contributed by atoms with Crippen molar-refractivity contribution >= 4 is 34.1 Å². The van der Waals surface area contributed by atoms with Gasteiger partial charge in [-0.1, -0.05) is 61.8 Å². The Balaban J connectivity index is 1.68. The Morgan fingerprint density at radius 3 is 2.47 bits per heavy atom. The lowest BCUT2D eigenvalue weighted by Crippen LogP contribution is -2.26. The standard InChI is InChI=1S/C28H28ClN3O2/c1-3-6-26-31-25-15-14-23(30-27(33)7-4-2)17-24(25)28(34)32(26)18-19-10-12-20(13-11-19)21-8-5-9-22(29)16-21/h5,8-17H,3-4,6-7,18H2,1-2H3,(H,30,33). The summed E-state index contributed by atoms with van der Waals surface area (Å²) in [4.78, 5) is 30.3. The summed E-state index contributed by atoms with van der Waals surface area (Å²) in [5, 5.41) is 4.08. The number of hydrogen-bond acceptors (Lipinski definition) is 3. The number of fused-ring (bicyclic) bond motifs is 1. The van der Waals surface area contributed by atoms with Crippen LogP contribution in [0.25, 0.3) is 22.0 Å². The van der Waals surface area contributed by atoms with Gasteiger partial charge in [-0.2, -0.15) is 0 Å². The van der Waals surface area contributed by atoms with E-state index in [1.807, 2.05) is 61.5 Å². The van der Waals surface area contributed by atoms with Gasteiger partial charge in [0.05, 0.1) is 17.4 Å². The van der Waals surface area contributed by atoms with Crippen molar-refractivity contribution in [3.63, 3.8) is 0 Å². The average Bonchev–Trinajstić information content (AvgIpc) is 2.83. The van der Waals surface area contributed by atoms with E-state index in [-0.39, 0.29) is 11.5 Å². The summed E-state index contributed by atoms with van der Waals surface area (Å²) in [6, 6.07) is 21.2. The molecule has 0 saturated heterocycles. The van der Waals surface area contributed by atoms with Crippen molar-refractivity contribution in [1.82, 2.24) is 9.55 Å². The normalized spacial score (nSPS) is 11.0. The fourth-order valence-electron chi connectivity index (χ4n) is 4.03. The molecule has 1 N–H and O–H groups in total. The first-order valence-electron chi connectivity index (χ1n) is 11.7. The Morgan fingerprint density at radius 1 is 0.971 bits per heavy atom. The van der Waals surface area contributed by atoms with Crippen molar-refractivity contribution in [2.45, 2.75) is 46.1 Å². The molecule has 0 saturated carbocycles. The number of hydrogen-bond donors (Lipinski definition) is 1. The zero-order valence-corrected chi connectivity index (χ0v) is 20.2. The highest BCUT2D eigenvalue weighted by Crippen LogP contribution is 2.23. The third-order valence-electron chi connectivity index (χ3n) is 5.72. The minimum Gasteiger partial charge on any atom is -0.326 e. The van der Waals surface area contributed by atoms with Gasteiger partial charge in [0.25, 0.3) is 5.56 Å². The smallest absolute Gasteiger partial charge is 0.261 e. The van der Waals surface area contributed by atoms with E-state index in [0.717, 1.165) is 35.4 Å². The summed E-state index contributed by atoms with van der Waals surface area (Å²) in [5.41, 5.74) is 4.29. The predicted octanol–water partition coefficient (Wildman–Crippen LogP) is 6.46. The summed E-state index contributed by atoms with van der Waals surface area (Å²) in [6.07, 6.45) is 2.81. The van der Waals surface area contributed by atoms with Crippen LogP contribution in [-0.2, 0) is 17.8 Å². The van der Waals surface area contributed by atoms with Gasteiger partial charge in [0.15, 0.2) is 0 Å². The molecule has 4 aromatic rings. The van der Waals surface area contributed by atoms with Crippen LogP contribution in [0, 0.1) is 0 Å². The maximum absolute atomic E-state index is 13.5. The molecular formula is C28H28ClN3O2. The molecule has 0 radical (unpaired) electrons. The van der Waals surface area contributed by atoms with E-state index in [1.54, 1.807) is 16.7 Å². The van der Waals surface area contributed by atoms with Crippen LogP contribution in [0.3, 0.4) is 0 Å². The van der Waals surface area contributed by atoms with Crippen LogP contribution in [0.15, 0.2) is 71.5 Å². The van der Waals surface area contributed by atoms with Crippen molar-refractivity contribution in [2.24, 2.45) is 0 Å². The molecule has 0 fully saturated rings. The Bertz CT molecular complexity index is 1380. The van der Waals surface area contributed by atoms with Crippen LogP contribution in [0.2, 0.25) is 5.02 Å². The maximum Gasteiger partial charge on any atom is 0.261 e. The molecule has 0 aliphatic carbocycles. The Kier molecular flexibility index (Phi) is 7.43. The van der Waals surface area contributed by atoms with E-state index in [1.165, 1.54) is 0 Å². The highest BCUT2D eigenvalue weighted by molar-refractivity contribution is 6.30. The molecular weight excluding hydrogens is 446 g/mol. The first kappa shape index (κ1) is 23.7. The highest BCUT2D eigenvalue weighted by atomic mass is 35.5. The third-order valence-corrected chi connectivity index (χ3v) is 5.96. The Hall–Kier alpha value is -3.44. The van der Waals surface area contributed by atoms with E-state index in [0.29, 0.717) is 41.0 Å². The topological polar surface area (TPSA) is 64.0 Å². The number of benzene rings is 3. The fourth-order valence-corrected chi connectivity index (χ4v) is 4.22. The molecule has 0 atom stereocenters. The lowest BCUT2D eigenvalue weighted by Gasteiger charge is -2.14. The number of aryl methyl sites for hydroxylation is 1. The van der Waals surface area contributed by atoms with Gasteiger partial charge in [-0.05, 0) is 59.9 Å². The third kappa shape index (κ3) is 5.37. The number of carbonyl (C=O) groups is 1. The van der Waals surface area contributed by atoms with Gasteiger partial charge in [-0.25, -0.2) is 4.98 Å².